The van der Waals surface area contributed by atoms with E-state index in [1.807, 2.05) is 6.08 Å². The smallest absolute Gasteiger partial charge is 0.0751 e. The van der Waals surface area contributed by atoms with Gasteiger partial charge in [-0.1, -0.05) is 6.08 Å². The van der Waals surface area contributed by atoms with E-state index in [2.05, 4.69) is 6.58 Å². The maximum atomic E-state index is 8.08. The summed E-state index contributed by atoms with van der Waals surface area (Å²) < 4.78 is 0. The van der Waals surface area contributed by atoms with Crippen LogP contribution < -0.4 is 0 Å². The Morgan fingerprint density at radius 3 is 2.57 bits per heavy atom. The van der Waals surface area contributed by atoms with Gasteiger partial charge in [0.25, 0.3) is 0 Å². The first-order chi connectivity index (χ1) is 3.41. The van der Waals surface area contributed by atoms with Crippen molar-refractivity contribution in [2.45, 2.75) is 12.8 Å². The number of unbranched alkanes of at least 4 members (excludes halogenated alkanes) is 1. The van der Waals surface area contributed by atoms with E-state index in [-0.39, 0.29) is 0 Å². The second kappa shape index (κ2) is 5.28. The Labute approximate surface area is 44.0 Å². The van der Waals surface area contributed by atoms with Gasteiger partial charge < -0.3 is 5.11 Å². The van der Waals surface area contributed by atoms with Gasteiger partial charge in [-0.15, -0.1) is 6.58 Å². The molecule has 0 spiro atoms. The summed E-state index contributed by atoms with van der Waals surface area (Å²) in [4.78, 5) is 0. The molecule has 0 amide bonds. The summed E-state index contributed by atoms with van der Waals surface area (Å²) in [5, 5.41) is 8.08. The van der Waals surface area contributed by atoms with Crippen LogP contribution >= 0.6 is 0 Å². The molecule has 0 aliphatic carbocycles. The van der Waals surface area contributed by atoms with Crippen molar-refractivity contribution in [2.24, 2.45) is 0 Å². The zero-order chi connectivity index (χ0) is 5.54. The van der Waals surface area contributed by atoms with Crippen molar-refractivity contribution in [3.05, 3.63) is 25.0 Å². The van der Waals surface area contributed by atoms with E-state index in [9.17, 15) is 0 Å². The standard InChI is InChI=1S/C6H10O/c1-2-3-4-5-6-7/h2,5-7H,1,3-4H2. The number of aliphatic hydroxyl groups is 1. The predicted octanol–water partition coefficient (Wildman–Crippen LogP) is 2.02. The second-order valence-electron chi connectivity index (χ2n) is 1.25. The molecule has 0 unspecified atom stereocenters. The highest BCUT2D eigenvalue weighted by Gasteiger charge is 1.69. The first-order valence-electron chi connectivity index (χ1n) is 2.32. The quantitative estimate of drug-likeness (QED) is 0.325. The fourth-order valence-electron chi connectivity index (χ4n) is 0.289. The molecule has 0 bridgehead atoms. The van der Waals surface area contributed by atoms with Crippen LogP contribution in [0.25, 0.3) is 0 Å². The fraction of sp³-hybridized carbons (Fsp3) is 0.333. The number of hydrogen-bond donors (Lipinski definition) is 1. The van der Waals surface area contributed by atoms with Crippen molar-refractivity contribution < 1.29 is 5.11 Å². The SMILES string of the molecule is C=CCCC=CO. The Bertz CT molecular complexity index is 64.6. The number of aliphatic hydroxyl groups excluding tert-OH is 1. The summed E-state index contributed by atoms with van der Waals surface area (Å²) in [7, 11) is 0. The van der Waals surface area contributed by atoms with Gasteiger partial charge in [0.05, 0.1) is 6.26 Å². The van der Waals surface area contributed by atoms with Crippen molar-refractivity contribution in [3.63, 3.8) is 0 Å². The number of rotatable bonds is 3. The summed E-state index contributed by atoms with van der Waals surface area (Å²) >= 11 is 0. The Morgan fingerprint density at radius 2 is 2.14 bits per heavy atom. The van der Waals surface area contributed by atoms with Gasteiger partial charge in [0.15, 0.2) is 0 Å². The van der Waals surface area contributed by atoms with E-state index >= 15 is 0 Å². The molecule has 0 aromatic rings. The minimum Gasteiger partial charge on any atom is -0.516 e. The lowest BCUT2D eigenvalue weighted by Gasteiger charge is -1.78. The summed E-state index contributed by atoms with van der Waals surface area (Å²) in [5.74, 6) is 0. The molecule has 1 heteroatoms. The van der Waals surface area contributed by atoms with Crippen molar-refractivity contribution in [3.8, 4) is 0 Å². The van der Waals surface area contributed by atoms with Gasteiger partial charge in [-0.3, -0.25) is 0 Å². The van der Waals surface area contributed by atoms with Crippen LogP contribution in [0.5, 0.6) is 0 Å². The lowest BCUT2D eigenvalue weighted by molar-refractivity contribution is 0.471. The third-order valence-corrected chi connectivity index (χ3v) is 0.643. The van der Waals surface area contributed by atoms with Gasteiger partial charge in [-0.05, 0) is 18.9 Å². The van der Waals surface area contributed by atoms with Gasteiger partial charge in [0, 0.05) is 0 Å². The first-order valence-corrected chi connectivity index (χ1v) is 2.32. The molecule has 1 N–H and O–H groups in total. The highest BCUT2D eigenvalue weighted by atomic mass is 16.2. The molecule has 0 saturated heterocycles. The van der Waals surface area contributed by atoms with Gasteiger partial charge in [-0.25, -0.2) is 0 Å². The first kappa shape index (κ1) is 6.28. The molecule has 0 aliphatic heterocycles. The predicted molar refractivity (Wildman–Crippen MR) is 31.2 cm³/mol. The number of hydrogen-bond acceptors (Lipinski definition) is 1. The van der Waals surface area contributed by atoms with E-state index in [1.54, 1.807) is 6.08 Å². The van der Waals surface area contributed by atoms with Crippen LogP contribution in [0.15, 0.2) is 25.0 Å². The monoisotopic (exact) mass is 98.1 g/mol. The van der Waals surface area contributed by atoms with E-state index in [0.717, 1.165) is 19.1 Å². The van der Waals surface area contributed by atoms with Gasteiger partial charge >= 0.3 is 0 Å². The van der Waals surface area contributed by atoms with Gasteiger partial charge in [-0.2, -0.15) is 0 Å². The Hall–Kier alpha value is -0.720. The molecule has 0 heterocycles. The summed E-state index contributed by atoms with van der Waals surface area (Å²) in [5.41, 5.74) is 0. The molecule has 40 valence electrons. The molecule has 0 fully saturated rings. The fourth-order valence-corrected chi connectivity index (χ4v) is 0.289. The van der Waals surface area contributed by atoms with E-state index in [0.29, 0.717) is 0 Å². The van der Waals surface area contributed by atoms with Gasteiger partial charge in [0.1, 0.15) is 0 Å². The molecule has 1 nitrogen and oxygen atoms in total. The van der Waals surface area contributed by atoms with Crippen molar-refractivity contribution in [2.75, 3.05) is 0 Å². The van der Waals surface area contributed by atoms with Crippen LogP contribution in [0.2, 0.25) is 0 Å². The van der Waals surface area contributed by atoms with E-state index in [4.69, 9.17) is 5.11 Å². The molecule has 7 heavy (non-hydrogen) atoms. The van der Waals surface area contributed by atoms with Gasteiger partial charge in [0.2, 0.25) is 0 Å². The largest absolute Gasteiger partial charge is 0.516 e. The molecule has 0 atom stereocenters. The third kappa shape index (κ3) is 5.28. The van der Waals surface area contributed by atoms with Crippen LogP contribution in [-0.2, 0) is 0 Å². The minimum atomic E-state index is 0.889. The molecular formula is C6H10O. The van der Waals surface area contributed by atoms with Crippen LogP contribution in [-0.4, -0.2) is 5.11 Å². The minimum absolute atomic E-state index is 0.889. The van der Waals surface area contributed by atoms with E-state index < -0.39 is 0 Å². The molecule has 0 radical (unpaired) electrons. The summed E-state index contributed by atoms with van der Waals surface area (Å²) in [6.45, 7) is 3.52. The zero-order valence-electron chi connectivity index (χ0n) is 4.30. The summed E-state index contributed by atoms with van der Waals surface area (Å²) in [6, 6.07) is 0. The zero-order valence-corrected chi connectivity index (χ0v) is 4.30. The molecule has 0 rings (SSSR count). The lowest BCUT2D eigenvalue weighted by Crippen LogP contribution is -1.60. The van der Waals surface area contributed by atoms with E-state index in [1.165, 1.54) is 0 Å². The highest BCUT2D eigenvalue weighted by Crippen LogP contribution is 1.88. The highest BCUT2D eigenvalue weighted by molar-refractivity contribution is 4.77. The lowest BCUT2D eigenvalue weighted by atomic mass is 10.3. The molecule has 0 saturated carbocycles. The average Bonchev–Trinajstić information content (AvgIpc) is 1.69. The normalized spacial score (nSPS) is 9.71. The maximum absolute atomic E-state index is 8.08. The third-order valence-electron chi connectivity index (χ3n) is 0.643. The van der Waals surface area contributed by atoms with Crippen LogP contribution in [0.3, 0.4) is 0 Å². The second-order valence-corrected chi connectivity index (χ2v) is 1.25. The Kier molecular flexibility index (Phi) is 4.74. The van der Waals surface area contributed by atoms with Crippen LogP contribution in [0, 0.1) is 0 Å². The molecular weight excluding hydrogens is 88.1 g/mol. The van der Waals surface area contributed by atoms with Crippen LogP contribution in [0.4, 0.5) is 0 Å². The maximum Gasteiger partial charge on any atom is 0.0751 e. The van der Waals surface area contributed by atoms with Crippen molar-refractivity contribution >= 4 is 0 Å². The van der Waals surface area contributed by atoms with Crippen molar-refractivity contribution in [1.82, 2.24) is 0 Å². The molecule has 0 aromatic heterocycles. The molecule has 0 aliphatic rings. The molecule has 0 aromatic carbocycles. The topological polar surface area (TPSA) is 20.2 Å². The number of allylic oxidation sites excluding steroid dienone is 2. The Balaban J connectivity index is 2.82. The summed E-state index contributed by atoms with van der Waals surface area (Å²) in [6.07, 6.45) is 6.40. The van der Waals surface area contributed by atoms with Crippen molar-refractivity contribution in [1.29, 1.82) is 0 Å². The average molecular weight is 98.1 g/mol. The Morgan fingerprint density at radius 1 is 1.43 bits per heavy atom. The van der Waals surface area contributed by atoms with Crippen LogP contribution in [0.1, 0.15) is 12.8 Å².